The molecule has 0 fully saturated rings. The van der Waals surface area contributed by atoms with Gasteiger partial charge in [-0.15, -0.1) is 13.2 Å². The van der Waals surface area contributed by atoms with Gasteiger partial charge in [0.1, 0.15) is 0 Å². The van der Waals surface area contributed by atoms with Crippen molar-refractivity contribution >= 4 is 23.5 Å². The molecule has 2 rings (SSSR count). The second kappa shape index (κ2) is 6.97. The number of rotatable bonds is 2. The summed E-state index contributed by atoms with van der Waals surface area (Å²) in [5.74, 6) is 0. The molecule has 0 radical (unpaired) electrons. The zero-order valence-corrected chi connectivity index (χ0v) is 10.3. The Morgan fingerprint density at radius 3 is 1.17 bits per heavy atom. The Morgan fingerprint density at radius 2 is 0.889 bits per heavy atom. The third-order valence-electron chi connectivity index (χ3n) is 2.34. The number of hydrogen-bond acceptors (Lipinski definition) is 2. The summed E-state index contributed by atoms with van der Waals surface area (Å²) >= 11 is 0. The standard InChI is InChI=1S/C14H14N2.C2H4/c15-13-7-3-11(4-8-13)1-2-12-5-9-14(16)10-6-12;1-2/h1-10H,15-16H2;1-2H2/b2-1+;. The van der Waals surface area contributed by atoms with Crippen LogP contribution in [0.1, 0.15) is 11.1 Å². The highest BCUT2D eigenvalue weighted by atomic mass is 14.5. The first-order chi connectivity index (χ1) is 8.74. The van der Waals surface area contributed by atoms with Gasteiger partial charge >= 0.3 is 0 Å². The molecule has 2 aromatic rings. The highest BCUT2D eigenvalue weighted by molar-refractivity contribution is 5.70. The molecule has 0 aliphatic carbocycles. The van der Waals surface area contributed by atoms with Crippen LogP contribution in [0.15, 0.2) is 61.7 Å². The summed E-state index contributed by atoms with van der Waals surface area (Å²) in [5.41, 5.74) is 15.1. The molecular weight excluding hydrogens is 220 g/mol. The lowest BCUT2D eigenvalue weighted by atomic mass is 10.1. The predicted octanol–water partition coefficient (Wildman–Crippen LogP) is 3.82. The minimum absolute atomic E-state index is 0.782. The Bertz CT molecular complexity index is 448. The second-order valence-corrected chi connectivity index (χ2v) is 3.67. The number of nitrogen functional groups attached to an aromatic ring is 2. The zero-order valence-electron chi connectivity index (χ0n) is 10.3. The van der Waals surface area contributed by atoms with Gasteiger partial charge in [0, 0.05) is 11.4 Å². The molecule has 0 unspecified atom stereocenters. The quantitative estimate of drug-likeness (QED) is 0.474. The maximum absolute atomic E-state index is 5.61. The Labute approximate surface area is 108 Å². The molecule has 18 heavy (non-hydrogen) atoms. The average molecular weight is 238 g/mol. The molecule has 0 heterocycles. The van der Waals surface area contributed by atoms with E-state index in [1.165, 1.54) is 0 Å². The molecule has 0 amide bonds. The van der Waals surface area contributed by atoms with E-state index in [1.807, 2.05) is 60.7 Å². The third-order valence-corrected chi connectivity index (χ3v) is 2.34. The van der Waals surface area contributed by atoms with Crippen molar-refractivity contribution < 1.29 is 0 Å². The molecule has 0 aliphatic heterocycles. The summed E-state index contributed by atoms with van der Waals surface area (Å²) in [7, 11) is 0. The second-order valence-electron chi connectivity index (χ2n) is 3.67. The molecule has 2 heteroatoms. The molecule has 0 saturated carbocycles. The first kappa shape index (κ1) is 13.6. The number of hydrogen-bond donors (Lipinski definition) is 2. The molecule has 2 nitrogen and oxygen atoms in total. The third kappa shape index (κ3) is 4.18. The first-order valence-corrected chi connectivity index (χ1v) is 5.63. The molecule has 0 aromatic heterocycles. The summed E-state index contributed by atoms with van der Waals surface area (Å²) in [5, 5.41) is 0. The van der Waals surface area contributed by atoms with Crippen molar-refractivity contribution in [1.82, 2.24) is 0 Å². The lowest BCUT2D eigenvalue weighted by molar-refractivity contribution is 1.63. The summed E-state index contributed by atoms with van der Waals surface area (Å²) in [6.45, 7) is 6.00. The van der Waals surface area contributed by atoms with Crippen LogP contribution in [-0.2, 0) is 0 Å². The van der Waals surface area contributed by atoms with Gasteiger partial charge in [0.2, 0.25) is 0 Å². The Morgan fingerprint density at radius 1 is 0.611 bits per heavy atom. The molecule has 0 saturated heterocycles. The van der Waals surface area contributed by atoms with E-state index in [9.17, 15) is 0 Å². The molecule has 4 N–H and O–H groups in total. The molecule has 0 bridgehead atoms. The average Bonchev–Trinajstić information content (AvgIpc) is 2.42. The monoisotopic (exact) mass is 238 g/mol. The van der Waals surface area contributed by atoms with Crippen LogP contribution >= 0.6 is 0 Å². The van der Waals surface area contributed by atoms with Crippen LogP contribution in [-0.4, -0.2) is 0 Å². The van der Waals surface area contributed by atoms with Crippen LogP contribution in [0.5, 0.6) is 0 Å². The van der Waals surface area contributed by atoms with Crippen molar-refractivity contribution in [2.45, 2.75) is 0 Å². The maximum atomic E-state index is 5.61. The molecular formula is C16H18N2. The molecule has 0 atom stereocenters. The van der Waals surface area contributed by atoms with Gasteiger partial charge in [-0.3, -0.25) is 0 Å². The van der Waals surface area contributed by atoms with E-state index in [1.54, 1.807) is 0 Å². The summed E-state index contributed by atoms with van der Waals surface area (Å²) in [4.78, 5) is 0. The van der Waals surface area contributed by atoms with Gasteiger partial charge in [-0.05, 0) is 35.4 Å². The summed E-state index contributed by atoms with van der Waals surface area (Å²) < 4.78 is 0. The van der Waals surface area contributed by atoms with Crippen LogP contribution in [0.2, 0.25) is 0 Å². The van der Waals surface area contributed by atoms with E-state index in [0.29, 0.717) is 0 Å². The topological polar surface area (TPSA) is 52.0 Å². The molecule has 2 aromatic carbocycles. The highest BCUT2D eigenvalue weighted by Gasteiger charge is 1.89. The first-order valence-electron chi connectivity index (χ1n) is 5.63. The van der Waals surface area contributed by atoms with Gasteiger partial charge in [0.25, 0.3) is 0 Å². The fraction of sp³-hybridized carbons (Fsp3) is 0. The number of anilines is 2. The van der Waals surface area contributed by atoms with E-state index in [2.05, 4.69) is 13.2 Å². The van der Waals surface area contributed by atoms with Crippen LogP contribution in [0.3, 0.4) is 0 Å². The lowest BCUT2D eigenvalue weighted by Crippen LogP contribution is -1.83. The smallest absolute Gasteiger partial charge is 0.0314 e. The van der Waals surface area contributed by atoms with E-state index in [0.717, 1.165) is 22.5 Å². The fourth-order valence-corrected chi connectivity index (χ4v) is 1.41. The van der Waals surface area contributed by atoms with Gasteiger partial charge in [0.15, 0.2) is 0 Å². The Hall–Kier alpha value is -2.48. The minimum atomic E-state index is 0.782. The van der Waals surface area contributed by atoms with Crippen molar-refractivity contribution in [2.75, 3.05) is 11.5 Å². The number of benzene rings is 2. The van der Waals surface area contributed by atoms with Crippen LogP contribution in [0, 0.1) is 0 Å². The van der Waals surface area contributed by atoms with Crippen LogP contribution < -0.4 is 11.5 Å². The van der Waals surface area contributed by atoms with E-state index >= 15 is 0 Å². The van der Waals surface area contributed by atoms with Crippen molar-refractivity contribution in [3.05, 3.63) is 72.8 Å². The van der Waals surface area contributed by atoms with Crippen molar-refractivity contribution in [3.8, 4) is 0 Å². The zero-order chi connectivity index (χ0) is 13.4. The lowest BCUT2D eigenvalue weighted by Gasteiger charge is -1.96. The summed E-state index contributed by atoms with van der Waals surface area (Å²) in [6.07, 6.45) is 4.09. The van der Waals surface area contributed by atoms with Crippen molar-refractivity contribution in [3.63, 3.8) is 0 Å². The van der Waals surface area contributed by atoms with Gasteiger partial charge in [-0.1, -0.05) is 36.4 Å². The highest BCUT2D eigenvalue weighted by Crippen LogP contribution is 2.11. The van der Waals surface area contributed by atoms with Crippen molar-refractivity contribution in [1.29, 1.82) is 0 Å². The fourth-order valence-electron chi connectivity index (χ4n) is 1.41. The summed E-state index contributed by atoms with van der Waals surface area (Å²) in [6, 6.07) is 15.5. The van der Waals surface area contributed by atoms with Gasteiger partial charge in [-0.25, -0.2) is 0 Å². The molecule has 0 aliphatic rings. The SMILES string of the molecule is C=C.Nc1ccc(/C=C/c2ccc(N)cc2)cc1. The maximum Gasteiger partial charge on any atom is 0.0314 e. The van der Waals surface area contributed by atoms with Crippen molar-refractivity contribution in [2.24, 2.45) is 0 Å². The Balaban J connectivity index is 0.000000771. The van der Waals surface area contributed by atoms with Gasteiger partial charge in [-0.2, -0.15) is 0 Å². The minimum Gasteiger partial charge on any atom is -0.399 e. The van der Waals surface area contributed by atoms with E-state index in [4.69, 9.17) is 11.5 Å². The van der Waals surface area contributed by atoms with E-state index < -0.39 is 0 Å². The van der Waals surface area contributed by atoms with Gasteiger partial charge < -0.3 is 11.5 Å². The van der Waals surface area contributed by atoms with Gasteiger partial charge in [0.05, 0.1) is 0 Å². The predicted molar refractivity (Wildman–Crippen MR) is 81.9 cm³/mol. The normalized spacial score (nSPS) is 9.78. The van der Waals surface area contributed by atoms with Crippen LogP contribution in [0.25, 0.3) is 12.2 Å². The van der Waals surface area contributed by atoms with E-state index in [-0.39, 0.29) is 0 Å². The Kier molecular flexibility index (Phi) is 5.26. The largest absolute Gasteiger partial charge is 0.399 e. The molecule has 92 valence electrons. The number of nitrogens with two attached hydrogens (primary N) is 2. The van der Waals surface area contributed by atoms with Crippen LogP contribution in [0.4, 0.5) is 11.4 Å². The molecule has 0 spiro atoms.